The van der Waals surface area contributed by atoms with Crippen molar-refractivity contribution in [2.45, 2.75) is 31.9 Å². The van der Waals surface area contributed by atoms with E-state index in [1.165, 1.54) is 6.42 Å². The van der Waals surface area contributed by atoms with Gasteiger partial charge in [-0.05, 0) is 26.3 Å². The van der Waals surface area contributed by atoms with Crippen LogP contribution in [0.25, 0.3) is 0 Å². The van der Waals surface area contributed by atoms with Gasteiger partial charge in [-0.15, -0.1) is 0 Å². The highest BCUT2D eigenvalue weighted by Gasteiger charge is 2.15. The maximum Gasteiger partial charge on any atom is 0.393 e. The van der Waals surface area contributed by atoms with Crippen LogP contribution in [-0.4, -0.2) is 31.3 Å². The molecule has 0 radical (unpaired) electrons. The van der Waals surface area contributed by atoms with E-state index in [0.717, 1.165) is 25.1 Å². The lowest BCUT2D eigenvalue weighted by atomic mass is 10.1. The fourth-order valence-corrected chi connectivity index (χ4v) is 1.72. The van der Waals surface area contributed by atoms with Crippen molar-refractivity contribution in [2.75, 3.05) is 20.3 Å². The molecule has 1 atom stereocenters. The largest absolute Gasteiger partial charge is 0.447 e. The SMILES string of the molecule is CNCc1coc(OCC2CCCCO2)n1. The van der Waals surface area contributed by atoms with Crippen LogP contribution in [0.4, 0.5) is 0 Å². The summed E-state index contributed by atoms with van der Waals surface area (Å²) in [6, 6.07) is 0. The number of hydrogen-bond donors (Lipinski definition) is 1. The Labute approximate surface area is 95.1 Å². The molecule has 1 saturated heterocycles. The zero-order chi connectivity index (χ0) is 11.2. The molecular formula is C11H18N2O3. The number of nitrogens with one attached hydrogen (secondary N) is 1. The lowest BCUT2D eigenvalue weighted by Crippen LogP contribution is -2.25. The van der Waals surface area contributed by atoms with Crippen molar-refractivity contribution in [3.8, 4) is 6.08 Å². The zero-order valence-electron chi connectivity index (χ0n) is 9.57. The zero-order valence-corrected chi connectivity index (χ0v) is 9.57. The lowest BCUT2D eigenvalue weighted by molar-refractivity contribution is -0.0167. The third-order valence-corrected chi connectivity index (χ3v) is 2.56. The van der Waals surface area contributed by atoms with Gasteiger partial charge in [-0.25, -0.2) is 0 Å². The molecule has 5 nitrogen and oxygen atoms in total. The minimum Gasteiger partial charge on any atom is -0.447 e. The second-order valence-electron chi connectivity index (χ2n) is 3.93. The Bertz CT molecular complexity index is 308. The summed E-state index contributed by atoms with van der Waals surface area (Å²) in [7, 11) is 1.87. The molecule has 0 spiro atoms. The van der Waals surface area contributed by atoms with E-state index >= 15 is 0 Å². The molecule has 1 aromatic heterocycles. The van der Waals surface area contributed by atoms with Crippen LogP contribution in [-0.2, 0) is 11.3 Å². The molecule has 16 heavy (non-hydrogen) atoms. The molecular weight excluding hydrogens is 208 g/mol. The van der Waals surface area contributed by atoms with Gasteiger partial charge in [0.1, 0.15) is 12.9 Å². The molecule has 0 amide bonds. The summed E-state index contributed by atoms with van der Waals surface area (Å²) in [5.41, 5.74) is 0.849. The van der Waals surface area contributed by atoms with Gasteiger partial charge in [0, 0.05) is 13.2 Å². The molecule has 1 aromatic rings. The number of rotatable bonds is 5. The first-order valence-electron chi connectivity index (χ1n) is 5.72. The highest BCUT2D eigenvalue weighted by Crippen LogP contribution is 2.15. The van der Waals surface area contributed by atoms with Crippen molar-refractivity contribution in [2.24, 2.45) is 0 Å². The minimum absolute atomic E-state index is 0.188. The Morgan fingerprint density at radius 1 is 1.56 bits per heavy atom. The molecule has 1 N–H and O–H groups in total. The molecule has 2 heterocycles. The monoisotopic (exact) mass is 226 g/mol. The molecule has 0 saturated carbocycles. The highest BCUT2D eigenvalue weighted by molar-refractivity contribution is 4.99. The number of aromatic nitrogens is 1. The van der Waals surface area contributed by atoms with E-state index in [1.807, 2.05) is 7.05 Å². The van der Waals surface area contributed by atoms with E-state index in [9.17, 15) is 0 Å². The van der Waals surface area contributed by atoms with Crippen LogP contribution in [0.3, 0.4) is 0 Å². The van der Waals surface area contributed by atoms with Crippen LogP contribution in [0, 0.1) is 0 Å². The second kappa shape index (κ2) is 5.86. The number of oxazole rings is 1. The van der Waals surface area contributed by atoms with E-state index in [0.29, 0.717) is 19.2 Å². The van der Waals surface area contributed by atoms with Crippen molar-refractivity contribution in [3.63, 3.8) is 0 Å². The highest BCUT2D eigenvalue weighted by atomic mass is 16.6. The van der Waals surface area contributed by atoms with E-state index < -0.39 is 0 Å². The predicted molar refractivity (Wildman–Crippen MR) is 58.4 cm³/mol. The number of hydrogen-bond acceptors (Lipinski definition) is 5. The van der Waals surface area contributed by atoms with Gasteiger partial charge in [-0.2, -0.15) is 4.98 Å². The smallest absolute Gasteiger partial charge is 0.393 e. The van der Waals surface area contributed by atoms with Crippen LogP contribution in [0.2, 0.25) is 0 Å². The molecule has 1 fully saturated rings. The average Bonchev–Trinajstić information content (AvgIpc) is 2.76. The van der Waals surface area contributed by atoms with Gasteiger partial charge >= 0.3 is 6.08 Å². The Kier molecular flexibility index (Phi) is 4.18. The van der Waals surface area contributed by atoms with Crippen molar-refractivity contribution < 1.29 is 13.9 Å². The average molecular weight is 226 g/mol. The van der Waals surface area contributed by atoms with Crippen molar-refractivity contribution in [1.29, 1.82) is 0 Å². The molecule has 1 aliphatic rings. The van der Waals surface area contributed by atoms with Crippen molar-refractivity contribution >= 4 is 0 Å². The van der Waals surface area contributed by atoms with Crippen LogP contribution < -0.4 is 10.1 Å². The first-order chi connectivity index (χ1) is 7.88. The van der Waals surface area contributed by atoms with Crippen molar-refractivity contribution in [3.05, 3.63) is 12.0 Å². The fraction of sp³-hybridized carbons (Fsp3) is 0.727. The molecule has 1 unspecified atom stereocenters. The molecule has 1 aliphatic heterocycles. The summed E-state index contributed by atoms with van der Waals surface area (Å²) < 4.78 is 16.2. The van der Waals surface area contributed by atoms with Gasteiger partial charge in [0.05, 0.1) is 11.8 Å². The lowest BCUT2D eigenvalue weighted by Gasteiger charge is -2.21. The summed E-state index contributed by atoms with van der Waals surface area (Å²) >= 11 is 0. The van der Waals surface area contributed by atoms with Gasteiger partial charge in [-0.3, -0.25) is 0 Å². The Hall–Kier alpha value is -1.07. The Morgan fingerprint density at radius 2 is 2.50 bits per heavy atom. The molecule has 2 rings (SSSR count). The maximum absolute atomic E-state index is 5.55. The second-order valence-corrected chi connectivity index (χ2v) is 3.93. The first kappa shape index (κ1) is 11.4. The molecule has 0 aliphatic carbocycles. The van der Waals surface area contributed by atoms with Gasteiger partial charge in [0.2, 0.25) is 0 Å². The van der Waals surface area contributed by atoms with E-state index in [-0.39, 0.29) is 6.10 Å². The maximum atomic E-state index is 5.55. The predicted octanol–water partition coefficient (Wildman–Crippen LogP) is 1.34. The summed E-state index contributed by atoms with van der Waals surface area (Å²) in [5.74, 6) is 0. The van der Waals surface area contributed by atoms with Gasteiger partial charge in [0.25, 0.3) is 0 Å². The van der Waals surface area contributed by atoms with E-state index in [4.69, 9.17) is 13.9 Å². The number of ether oxygens (including phenoxy) is 2. The summed E-state index contributed by atoms with van der Waals surface area (Å²) in [6.07, 6.45) is 5.55. The third-order valence-electron chi connectivity index (χ3n) is 2.56. The van der Waals surface area contributed by atoms with Crippen LogP contribution in [0.15, 0.2) is 10.7 Å². The van der Waals surface area contributed by atoms with E-state index in [1.54, 1.807) is 6.26 Å². The normalized spacial score (nSPS) is 20.9. The Balaban J connectivity index is 1.75. The Morgan fingerprint density at radius 3 is 3.25 bits per heavy atom. The van der Waals surface area contributed by atoms with Crippen molar-refractivity contribution in [1.82, 2.24) is 10.3 Å². The first-order valence-corrected chi connectivity index (χ1v) is 5.72. The molecule has 5 heteroatoms. The van der Waals surface area contributed by atoms with Gasteiger partial charge in [0.15, 0.2) is 0 Å². The summed E-state index contributed by atoms with van der Waals surface area (Å²) in [6.45, 7) is 2.05. The molecule has 90 valence electrons. The quantitative estimate of drug-likeness (QED) is 0.821. The molecule has 0 bridgehead atoms. The van der Waals surface area contributed by atoms with Crippen LogP contribution in [0.5, 0.6) is 6.08 Å². The summed E-state index contributed by atoms with van der Waals surface area (Å²) in [5, 5.41) is 3.00. The van der Waals surface area contributed by atoms with Crippen LogP contribution >= 0.6 is 0 Å². The van der Waals surface area contributed by atoms with Crippen LogP contribution in [0.1, 0.15) is 25.0 Å². The van der Waals surface area contributed by atoms with Gasteiger partial charge in [-0.1, -0.05) is 0 Å². The third kappa shape index (κ3) is 3.21. The molecule has 0 aromatic carbocycles. The fourth-order valence-electron chi connectivity index (χ4n) is 1.72. The number of nitrogens with zero attached hydrogens (tertiary/aromatic N) is 1. The van der Waals surface area contributed by atoms with Gasteiger partial charge < -0.3 is 19.2 Å². The summed E-state index contributed by atoms with van der Waals surface area (Å²) in [4.78, 5) is 4.18. The minimum atomic E-state index is 0.188. The topological polar surface area (TPSA) is 56.5 Å². The standard InChI is InChI=1S/C11H18N2O3/c1-12-6-9-7-15-11(13-9)16-8-10-4-2-3-5-14-10/h7,10,12H,2-6,8H2,1H3. The van der Waals surface area contributed by atoms with E-state index in [2.05, 4.69) is 10.3 Å².